The molecule has 3 aromatic rings. The van der Waals surface area contributed by atoms with E-state index in [1.54, 1.807) is 42.5 Å². The SMILES string of the molecule is N#Cc1ccccc1Oc1ccc(NC(=O)N2CCN(Cc3ccccc3)CC2)cc1. The van der Waals surface area contributed by atoms with Crippen molar-refractivity contribution in [3.05, 3.63) is 90.0 Å². The fourth-order valence-corrected chi connectivity index (χ4v) is 3.53. The molecule has 1 heterocycles. The lowest BCUT2D eigenvalue weighted by molar-refractivity contribution is 0.143. The molecule has 0 radical (unpaired) electrons. The molecular formula is C25H24N4O2. The van der Waals surface area contributed by atoms with Crippen LogP contribution in [0.5, 0.6) is 11.5 Å². The molecule has 0 bridgehead atoms. The van der Waals surface area contributed by atoms with E-state index < -0.39 is 0 Å². The Labute approximate surface area is 182 Å². The van der Waals surface area contributed by atoms with E-state index in [9.17, 15) is 4.79 Å². The number of ether oxygens (including phenoxy) is 1. The maximum Gasteiger partial charge on any atom is 0.321 e. The van der Waals surface area contributed by atoms with Crippen molar-refractivity contribution < 1.29 is 9.53 Å². The fraction of sp³-hybridized carbons (Fsp3) is 0.200. The number of piperazine rings is 1. The highest BCUT2D eigenvalue weighted by Crippen LogP contribution is 2.26. The first kappa shape index (κ1) is 20.5. The van der Waals surface area contributed by atoms with Crippen molar-refractivity contribution in [1.29, 1.82) is 5.26 Å². The van der Waals surface area contributed by atoms with E-state index in [2.05, 4.69) is 40.6 Å². The zero-order valence-corrected chi connectivity index (χ0v) is 17.2. The monoisotopic (exact) mass is 412 g/mol. The van der Waals surface area contributed by atoms with Gasteiger partial charge in [0, 0.05) is 38.4 Å². The van der Waals surface area contributed by atoms with Crippen LogP contribution in [0.1, 0.15) is 11.1 Å². The van der Waals surface area contributed by atoms with E-state index in [0.29, 0.717) is 35.8 Å². The second-order valence-electron chi connectivity index (χ2n) is 7.41. The third-order valence-corrected chi connectivity index (χ3v) is 5.25. The number of benzene rings is 3. The summed E-state index contributed by atoms with van der Waals surface area (Å²) in [5.74, 6) is 1.12. The number of nitriles is 1. The number of hydrogen-bond acceptors (Lipinski definition) is 4. The Morgan fingerprint density at radius 2 is 1.58 bits per heavy atom. The van der Waals surface area contributed by atoms with Crippen molar-refractivity contribution in [1.82, 2.24) is 9.80 Å². The molecule has 3 aromatic carbocycles. The Kier molecular flexibility index (Phi) is 6.46. The Bertz CT molecular complexity index is 1050. The summed E-state index contributed by atoms with van der Waals surface area (Å²) in [6.45, 7) is 4.02. The Hall–Kier alpha value is -3.82. The summed E-state index contributed by atoms with van der Waals surface area (Å²) in [6.07, 6.45) is 0. The molecule has 1 saturated heterocycles. The molecule has 31 heavy (non-hydrogen) atoms. The van der Waals surface area contributed by atoms with Gasteiger partial charge >= 0.3 is 6.03 Å². The number of nitrogens with one attached hydrogen (secondary N) is 1. The number of rotatable bonds is 5. The molecular weight excluding hydrogens is 388 g/mol. The molecule has 6 nitrogen and oxygen atoms in total. The van der Waals surface area contributed by atoms with Gasteiger partial charge in [-0.05, 0) is 42.0 Å². The van der Waals surface area contributed by atoms with Crippen LogP contribution >= 0.6 is 0 Å². The molecule has 1 aliphatic heterocycles. The minimum Gasteiger partial charge on any atom is -0.456 e. The highest BCUT2D eigenvalue weighted by Gasteiger charge is 2.21. The van der Waals surface area contributed by atoms with Gasteiger partial charge in [-0.3, -0.25) is 4.90 Å². The maximum absolute atomic E-state index is 12.6. The minimum atomic E-state index is -0.0946. The Morgan fingerprint density at radius 1 is 0.903 bits per heavy atom. The van der Waals surface area contributed by atoms with Gasteiger partial charge in [0.1, 0.15) is 17.6 Å². The predicted molar refractivity (Wildman–Crippen MR) is 120 cm³/mol. The number of amides is 2. The smallest absolute Gasteiger partial charge is 0.321 e. The van der Waals surface area contributed by atoms with Gasteiger partial charge in [-0.2, -0.15) is 5.26 Å². The van der Waals surface area contributed by atoms with Gasteiger partial charge in [0.2, 0.25) is 0 Å². The normalized spacial score (nSPS) is 14.0. The average molecular weight is 412 g/mol. The number of nitrogens with zero attached hydrogens (tertiary/aromatic N) is 3. The first-order valence-electron chi connectivity index (χ1n) is 10.3. The van der Waals surface area contributed by atoms with Crippen LogP contribution in [0.15, 0.2) is 78.9 Å². The predicted octanol–water partition coefficient (Wildman–Crippen LogP) is 4.70. The van der Waals surface area contributed by atoms with Crippen molar-refractivity contribution >= 4 is 11.7 Å². The van der Waals surface area contributed by atoms with E-state index in [0.717, 1.165) is 19.6 Å². The zero-order chi connectivity index (χ0) is 21.5. The number of carbonyl (C=O) groups excluding carboxylic acids is 1. The molecule has 156 valence electrons. The van der Waals surface area contributed by atoms with Gasteiger partial charge in [0.15, 0.2) is 0 Å². The molecule has 4 rings (SSSR count). The van der Waals surface area contributed by atoms with Crippen LogP contribution < -0.4 is 10.1 Å². The minimum absolute atomic E-state index is 0.0946. The number of carbonyl (C=O) groups is 1. The summed E-state index contributed by atoms with van der Waals surface area (Å²) in [6, 6.07) is 26.7. The van der Waals surface area contributed by atoms with Crippen LogP contribution in [0.25, 0.3) is 0 Å². The third-order valence-electron chi connectivity index (χ3n) is 5.25. The van der Waals surface area contributed by atoms with Crippen molar-refractivity contribution in [3.63, 3.8) is 0 Å². The maximum atomic E-state index is 12.6. The highest BCUT2D eigenvalue weighted by atomic mass is 16.5. The van der Waals surface area contributed by atoms with Crippen LogP contribution in [-0.4, -0.2) is 42.0 Å². The molecule has 0 spiro atoms. The lowest BCUT2D eigenvalue weighted by Gasteiger charge is -2.34. The standard InChI is InChI=1S/C25H24N4O2/c26-18-21-8-4-5-9-24(21)31-23-12-10-22(11-13-23)27-25(30)29-16-14-28(15-17-29)19-20-6-2-1-3-7-20/h1-13H,14-17,19H2,(H,27,30). The van der Waals surface area contributed by atoms with Crippen molar-refractivity contribution in [2.45, 2.75) is 6.54 Å². The van der Waals surface area contributed by atoms with Crippen molar-refractivity contribution in [2.75, 3.05) is 31.5 Å². The average Bonchev–Trinajstić information content (AvgIpc) is 2.82. The van der Waals surface area contributed by atoms with Gasteiger partial charge in [0.25, 0.3) is 0 Å². The molecule has 1 aliphatic rings. The lowest BCUT2D eigenvalue weighted by Crippen LogP contribution is -2.49. The summed E-state index contributed by atoms with van der Waals surface area (Å²) < 4.78 is 5.79. The van der Waals surface area contributed by atoms with Crippen LogP contribution in [0.2, 0.25) is 0 Å². The lowest BCUT2D eigenvalue weighted by atomic mass is 10.2. The molecule has 1 fully saturated rings. The topological polar surface area (TPSA) is 68.6 Å². The van der Waals surface area contributed by atoms with Gasteiger partial charge in [-0.1, -0.05) is 42.5 Å². The molecule has 1 N–H and O–H groups in total. The number of para-hydroxylation sites is 1. The first-order valence-corrected chi connectivity index (χ1v) is 10.3. The Balaban J connectivity index is 1.28. The van der Waals surface area contributed by atoms with Gasteiger partial charge in [-0.15, -0.1) is 0 Å². The van der Waals surface area contributed by atoms with E-state index >= 15 is 0 Å². The van der Waals surface area contributed by atoms with Crippen molar-refractivity contribution in [2.24, 2.45) is 0 Å². The number of anilines is 1. The molecule has 0 saturated carbocycles. The van der Waals surface area contributed by atoms with E-state index in [1.807, 2.05) is 17.0 Å². The fourth-order valence-electron chi connectivity index (χ4n) is 3.53. The van der Waals surface area contributed by atoms with Gasteiger partial charge < -0.3 is 15.0 Å². The molecule has 0 atom stereocenters. The van der Waals surface area contributed by atoms with Crippen LogP contribution in [0, 0.1) is 11.3 Å². The summed E-state index contributed by atoms with van der Waals surface area (Å²) in [7, 11) is 0. The van der Waals surface area contributed by atoms with Crippen LogP contribution in [0.3, 0.4) is 0 Å². The Morgan fingerprint density at radius 3 is 2.29 bits per heavy atom. The summed E-state index contributed by atoms with van der Waals surface area (Å²) in [5, 5.41) is 12.1. The number of urea groups is 1. The molecule has 0 unspecified atom stereocenters. The van der Waals surface area contributed by atoms with Crippen LogP contribution in [-0.2, 0) is 6.54 Å². The van der Waals surface area contributed by atoms with Crippen molar-refractivity contribution in [3.8, 4) is 17.6 Å². The summed E-state index contributed by atoms with van der Waals surface area (Å²) >= 11 is 0. The van der Waals surface area contributed by atoms with E-state index in [1.165, 1.54) is 5.56 Å². The quantitative estimate of drug-likeness (QED) is 0.660. The third kappa shape index (κ3) is 5.41. The number of hydrogen-bond donors (Lipinski definition) is 1. The molecule has 0 aromatic heterocycles. The summed E-state index contributed by atoms with van der Waals surface area (Å²) in [5.41, 5.74) is 2.48. The highest BCUT2D eigenvalue weighted by molar-refractivity contribution is 5.89. The molecule has 6 heteroatoms. The second-order valence-corrected chi connectivity index (χ2v) is 7.41. The van der Waals surface area contributed by atoms with Gasteiger partial charge in [0.05, 0.1) is 5.56 Å². The zero-order valence-electron chi connectivity index (χ0n) is 17.2. The van der Waals surface area contributed by atoms with E-state index in [4.69, 9.17) is 10.00 Å². The molecule has 0 aliphatic carbocycles. The second kappa shape index (κ2) is 9.79. The van der Waals surface area contributed by atoms with Gasteiger partial charge in [-0.25, -0.2) is 4.79 Å². The van der Waals surface area contributed by atoms with Crippen LogP contribution in [0.4, 0.5) is 10.5 Å². The molecule has 2 amide bonds. The van der Waals surface area contributed by atoms with E-state index in [-0.39, 0.29) is 6.03 Å². The largest absolute Gasteiger partial charge is 0.456 e. The summed E-state index contributed by atoms with van der Waals surface area (Å²) in [4.78, 5) is 16.8. The first-order chi connectivity index (χ1) is 15.2.